The van der Waals surface area contributed by atoms with Crippen molar-refractivity contribution in [2.45, 2.75) is 25.5 Å². The highest BCUT2D eigenvalue weighted by Gasteiger charge is 2.24. The highest BCUT2D eigenvalue weighted by atomic mass is 16.5. The van der Waals surface area contributed by atoms with E-state index in [0.29, 0.717) is 5.65 Å². The Kier molecular flexibility index (Phi) is 2.17. The van der Waals surface area contributed by atoms with Gasteiger partial charge >= 0.3 is 0 Å². The van der Waals surface area contributed by atoms with E-state index in [2.05, 4.69) is 32.7 Å². The smallest absolute Gasteiger partial charge is 0.199 e. The van der Waals surface area contributed by atoms with Crippen LogP contribution in [0, 0.1) is 0 Å². The van der Waals surface area contributed by atoms with Gasteiger partial charge in [-0.25, -0.2) is 0 Å². The van der Waals surface area contributed by atoms with Crippen LogP contribution < -0.4 is 5.32 Å². The largest absolute Gasteiger partial charge is 0.376 e. The molecule has 1 aliphatic rings. The Morgan fingerprint density at radius 2 is 2.44 bits per heavy atom. The molecule has 0 amide bonds. The Bertz CT molecular complexity index is 497. The maximum Gasteiger partial charge on any atom is 0.199 e. The van der Waals surface area contributed by atoms with Crippen LogP contribution in [0.3, 0.4) is 0 Å². The van der Waals surface area contributed by atoms with Gasteiger partial charge in [0.05, 0.1) is 24.5 Å². The van der Waals surface area contributed by atoms with Crippen LogP contribution >= 0.6 is 0 Å². The minimum atomic E-state index is 0.201. The molecular formula is C9H12N6O. The molecule has 0 bridgehead atoms. The molecule has 3 rings (SSSR count). The molecular weight excluding hydrogens is 208 g/mol. The number of ether oxygens (including phenoxy) is 1. The van der Waals surface area contributed by atoms with Crippen LogP contribution in [0.2, 0.25) is 0 Å². The van der Waals surface area contributed by atoms with Gasteiger partial charge in [0, 0.05) is 6.61 Å². The van der Waals surface area contributed by atoms with Crippen molar-refractivity contribution in [3.8, 4) is 0 Å². The van der Waals surface area contributed by atoms with Crippen molar-refractivity contribution in [3.63, 3.8) is 0 Å². The van der Waals surface area contributed by atoms with Crippen molar-refractivity contribution >= 4 is 11.5 Å². The molecule has 7 heteroatoms. The van der Waals surface area contributed by atoms with Crippen LogP contribution in [0.5, 0.6) is 0 Å². The van der Waals surface area contributed by atoms with Crippen molar-refractivity contribution < 1.29 is 4.74 Å². The van der Waals surface area contributed by atoms with Crippen LogP contribution in [0.25, 0.3) is 5.65 Å². The second kappa shape index (κ2) is 3.67. The molecule has 0 aromatic carbocycles. The van der Waals surface area contributed by atoms with E-state index in [1.807, 2.05) is 0 Å². The number of nitrogens with zero attached hydrogens (tertiary/aromatic N) is 5. The number of hydrogen-bond acceptors (Lipinski definition) is 6. The van der Waals surface area contributed by atoms with E-state index in [9.17, 15) is 0 Å². The first-order chi connectivity index (χ1) is 7.84. The Hall–Kier alpha value is -1.76. The zero-order valence-electron chi connectivity index (χ0n) is 8.87. The summed E-state index contributed by atoms with van der Waals surface area (Å²) in [6, 6.07) is 0.289. The number of fused-ring (bicyclic) bond motifs is 1. The molecule has 2 atom stereocenters. The van der Waals surface area contributed by atoms with Crippen LogP contribution in [0.4, 0.5) is 5.82 Å². The number of hydrogen-bond donors (Lipinski definition) is 1. The minimum Gasteiger partial charge on any atom is -0.376 e. The molecule has 2 aromatic rings. The molecule has 84 valence electrons. The van der Waals surface area contributed by atoms with Crippen LogP contribution in [0.15, 0.2) is 12.4 Å². The average Bonchev–Trinajstić information content (AvgIpc) is 2.89. The van der Waals surface area contributed by atoms with E-state index in [1.54, 1.807) is 16.9 Å². The van der Waals surface area contributed by atoms with E-state index in [4.69, 9.17) is 4.74 Å². The fourth-order valence-corrected chi connectivity index (χ4v) is 1.88. The number of anilines is 1. The van der Waals surface area contributed by atoms with Gasteiger partial charge in [-0.1, -0.05) is 0 Å². The predicted octanol–water partition coefficient (Wildman–Crippen LogP) is 0.109. The van der Waals surface area contributed by atoms with E-state index in [0.717, 1.165) is 18.8 Å². The standard InChI is InChI=1S/C9H12N6O/c1-6-7(2-3-16-6)11-8-4-10-5-9-12-13-14-15(8)9/h4-7,11H,2-3H2,1H3. The van der Waals surface area contributed by atoms with Crippen molar-refractivity contribution in [2.24, 2.45) is 0 Å². The summed E-state index contributed by atoms with van der Waals surface area (Å²) >= 11 is 0. The summed E-state index contributed by atoms with van der Waals surface area (Å²) in [4.78, 5) is 4.09. The lowest BCUT2D eigenvalue weighted by Gasteiger charge is -2.16. The van der Waals surface area contributed by atoms with Gasteiger partial charge in [-0.05, 0) is 23.8 Å². The highest BCUT2D eigenvalue weighted by molar-refractivity contribution is 5.44. The summed E-state index contributed by atoms with van der Waals surface area (Å²) in [6.07, 6.45) is 4.53. The number of rotatable bonds is 2. The molecule has 1 aliphatic heterocycles. The third-order valence-corrected chi connectivity index (χ3v) is 2.82. The van der Waals surface area contributed by atoms with Gasteiger partial charge in [0.2, 0.25) is 0 Å². The molecule has 7 nitrogen and oxygen atoms in total. The number of nitrogens with one attached hydrogen (secondary N) is 1. The maximum atomic E-state index is 5.49. The van der Waals surface area contributed by atoms with Crippen molar-refractivity contribution in [3.05, 3.63) is 12.4 Å². The van der Waals surface area contributed by atoms with Crippen LogP contribution in [-0.2, 0) is 4.74 Å². The molecule has 16 heavy (non-hydrogen) atoms. The first kappa shape index (κ1) is 9.46. The lowest BCUT2D eigenvalue weighted by molar-refractivity contribution is 0.121. The van der Waals surface area contributed by atoms with E-state index >= 15 is 0 Å². The molecule has 0 radical (unpaired) electrons. The molecule has 3 heterocycles. The predicted molar refractivity (Wildman–Crippen MR) is 56.0 cm³/mol. The summed E-state index contributed by atoms with van der Waals surface area (Å²) in [5, 5.41) is 14.7. The SMILES string of the molecule is CC1OCCC1Nc1cncc2nnnn12. The fourth-order valence-electron chi connectivity index (χ4n) is 1.88. The number of aromatic nitrogens is 5. The van der Waals surface area contributed by atoms with Crippen LogP contribution in [0.1, 0.15) is 13.3 Å². The first-order valence-corrected chi connectivity index (χ1v) is 5.25. The molecule has 2 aromatic heterocycles. The summed E-state index contributed by atoms with van der Waals surface area (Å²) in [6.45, 7) is 2.84. The van der Waals surface area contributed by atoms with Gasteiger partial charge in [-0.3, -0.25) is 4.98 Å². The molecule has 0 saturated carbocycles. The maximum absolute atomic E-state index is 5.49. The van der Waals surface area contributed by atoms with Gasteiger partial charge in [0.15, 0.2) is 11.5 Å². The van der Waals surface area contributed by atoms with Crippen molar-refractivity contribution in [1.29, 1.82) is 0 Å². The average molecular weight is 220 g/mol. The molecule has 0 aliphatic carbocycles. The first-order valence-electron chi connectivity index (χ1n) is 5.25. The molecule has 1 N–H and O–H groups in total. The van der Waals surface area contributed by atoms with Gasteiger partial charge in [0.25, 0.3) is 0 Å². The second-order valence-corrected chi connectivity index (χ2v) is 3.86. The molecule has 0 spiro atoms. The summed E-state index contributed by atoms with van der Waals surface area (Å²) in [7, 11) is 0. The lowest BCUT2D eigenvalue weighted by atomic mass is 10.1. The fraction of sp³-hybridized carbons (Fsp3) is 0.556. The van der Waals surface area contributed by atoms with Gasteiger partial charge in [0.1, 0.15) is 0 Å². The second-order valence-electron chi connectivity index (χ2n) is 3.86. The van der Waals surface area contributed by atoms with E-state index in [-0.39, 0.29) is 12.1 Å². The Morgan fingerprint density at radius 1 is 1.50 bits per heavy atom. The topological polar surface area (TPSA) is 77.2 Å². The summed E-state index contributed by atoms with van der Waals surface area (Å²) < 4.78 is 7.12. The zero-order chi connectivity index (χ0) is 11.0. The zero-order valence-corrected chi connectivity index (χ0v) is 8.87. The monoisotopic (exact) mass is 220 g/mol. The highest BCUT2D eigenvalue weighted by Crippen LogP contribution is 2.18. The van der Waals surface area contributed by atoms with E-state index in [1.165, 1.54) is 0 Å². The molecule has 1 saturated heterocycles. The molecule has 1 fully saturated rings. The van der Waals surface area contributed by atoms with Crippen molar-refractivity contribution in [2.75, 3.05) is 11.9 Å². The molecule has 2 unspecified atom stereocenters. The Morgan fingerprint density at radius 3 is 3.25 bits per heavy atom. The van der Waals surface area contributed by atoms with Gasteiger partial charge in [-0.15, -0.1) is 5.10 Å². The number of tetrazole rings is 1. The normalized spacial score (nSPS) is 25.1. The Balaban J connectivity index is 1.91. The van der Waals surface area contributed by atoms with Gasteiger partial charge < -0.3 is 10.1 Å². The summed E-state index contributed by atoms with van der Waals surface area (Å²) in [5.41, 5.74) is 0.636. The summed E-state index contributed by atoms with van der Waals surface area (Å²) in [5.74, 6) is 0.796. The van der Waals surface area contributed by atoms with E-state index < -0.39 is 0 Å². The Labute approximate surface area is 91.8 Å². The quantitative estimate of drug-likeness (QED) is 0.774. The lowest BCUT2D eigenvalue weighted by Crippen LogP contribution is -2.27. The third-order valence-electron chi connectivity index (χ3n) is 2.82. The third kappa shape index (κ3) is 1.49. The van der Waals surface area contributed by atoms with Crippen LogP contribution in [-0.4, -0.2) is 43.8 Å². The minimum absolute atomic E-state index is 0.201. The van der Waals surface area contributed by atoms with Crippen molar-refractivity contribution in [1.82, 2.24) is 25.0 Å². The van der Waals surface area contributed by atoms with Gasteiger partial charge in [-0.2, -0.15) is 4.52 Å².